The van der Waals surface area contributed by atoms with Gasteiger partial charge in [-0.15, -0.1) is 0 Å². The number of benzene rings is 2. The van der Waals surface area contributed by atoms with Crippen molar-refractivity contribution in [3.8, 4) is 0 Å². The van der Waals surface area contributed by atoms with E-state index in [1.54, 1.807) is 36.4 Å². The zero-order valence-electron chi connectivity index (χ0n) is 12.0. The highest BCUT2D eigenvalue weighted by Gasteiger charge is 2.11. The highest BCUT2D eigenvalue weighted by Crippen LogP contribution is 2.23. The van der Waals surface area contributed by atoms with Crippen molar-refractivity contribution in [2.75, 3.05) is 5.43 Å². The summed E-state index contributed by atoms with van der Waals surface area (Å²) in [7, 11) is 0. The Hall–Kier alpha value is -2.38. The van der Waals surface area contributed by atoms with Gasteiger partial charge in [0, 0.05) is 29.0 Å². The molecule has 2 aromatic rings. The van der Waals surface area contributed by atoms with E-state index in [1.165, 1.54) is 19.1 Å². The van der Waals surface area contributed by atoms with E-state index in [1.807, 2.05) is 0 Å². The predicted molar refractivity (Wildman–Crippen MR) is 92.1 cm³/mol. The Morgan fingerprint density at radius 1 is 1.17 bits per heavy atom. The summed E-state index contributed by atoms with van der Waals surface area (Å²) in [4.78, 5) is 22.5. The maximum absolute atomic E-state index is 11.7. The molecule has 0 radical (unpaired) electrons. The number of nitrogens with one attached hydrogen (secondary N) is 1. The van der Waals surface area contributed by atoms with Crippen LogP contribution in [0.5, 0.6) is 0 Å². The van der Waals surface area contributed by atoms with Gasteiger partial charge in [0.05, 0.1) is 10.6 Å². The van der Waals surface area contributed by atoms with E-state index in [4.69, 9.17) is 11.6 Å². The molecule has 0 saturated heterocycles. The molecule has 23 heavy (non-hydrogen) atoms. The van der Waals surface area contributed by atoms with E-state index in [2.05, 4.69) is 10.5 Å². The van der Waals surface area contributed by atoms with Crippen LogP contribution in [0.25, 0.3) is 0 Å². The monoisotopic (exact) mass is 349 g/mol. The standard InChI is InChI=1S/C15H12ClN3O3S/c1-10(20)15(18-17-12-4-2-11(16)3-5-12)23-14-8-6-13(7-9-14)19(21)22/h2-9,17H,1H3. The molecular formula is C15H12ClN3O3S. The molecule has 0 amide bonds. The van der Waals surface area contributed by atoms with Gasteiger partial charge in [-0.2, -0.15) is 5.10 Å². The molecule has 8 heteroatoms. The van der Waals surface area contributed by atoms with Gasteiger partial charge in [0.1, 0.15) is 0 Å². The lowest BCUT2D eigenvalue weighted by atomic mass is 10.3. The summed E-state index contributed by atoms with van der Waals surface area (Å²) < 4.78 is 0. The number of carbonyl (C=O) groups excluding carboxylic acids is 1. The largest absolute Gasteiger partial charge is 0.292 e. The lowest BCUT2D eigenvalue weighted by molar-refractivity contribution is -0.384. The van der Waals surface area contributed by atoms with Gasteiger partial charge in [0.15, 0.2) is 10.8 Å². The maximum atomic E-state index is 11.7. The minimum Gasteiger partial charge on any atom is -0.292 e. The van der Waals surface area contributed by atoms with E-state index in [0.29, 0.717) is 15.6 Å². The first-order chi connectivity index (χ1) is 11.0. The molecule has 118 valence electrons. The number of Topliss-reactive ketones (excluding diaryl/α,β-unsaturated/α-hetero) is 1. The van der Waals surface area contributed by atoms with Gasteiger partial charge < -0.3 is 0 Å². The second kappa shape index (κ2) is 7.75. The number of rotatable bonds is 5. The van der Waals surface area contributed by atoms with Crippen molar-refractivity contribution in [3.05, 3.63) is 63.7 Å². The molecule has 0 atom stereocenters. The zero-order chi connectivity index (χ0) is 16.8. The average molecular weight is 350 g/mol. The molecule has 1 N–H and O–H groups in total. The minimum absolute atomic E-state index is 0.00467. The molecule has 6 nitrogen and oxygen atoms in total. The summed E-state index contributed by atoms with van der Waals surface area (Å²) in [5.41, 5.74) is 3.47. The Morgan fingerprint density at radius 2 is 1.78 bits per heavy atom. The zero-order valence-corrected chi connectivity index (χ0v) is 13.6. The Labute approximate surface area is 141 Å². The number of hydrazone groups is 1. The van der Waals surface area contributed by atoms with Gasteiger partial charge in [0.25, 0.3) is 5.69 Å². The van der Waals surface area contributed by atoms with E-state index in [9.17, 15) is 14.9 Å². The molecule has 0 saturated carbocycles. The van der Waals surface area contributed by atoms with Crippen LogP contribution in [0.2, 0.25) is 5.02 Å². The molecule has 0 bridgehead atoms. The van der Waals surface area contributed by atoms with Crippen LogP contribution in [0, 0.1) is 10.1 Å². The smallest absolute Gasteiger partial charge is 0.269 e. The highest BCUT2D eigenvalue weighted by atomic mass is 35.5. The number of nitro benzene ring substituents is 1. The van der Waals surface area contributed by atoms with Crippen molar-refractivity contribution in [1.82, 2.24) is 0 Å². The Bertz CT molecular complexity index is 746. The molecule has 0 aliphatic rings. The molecule has 0 aliphatic heterocycles. The fourth-order valence-corrected chi connectivity index (χ4v) is 2.42. The predicted octanol–water partition coefficient (Wildman–Crippen LogP) is 4.35. The van der Waals surface area contributed by atoms with Gasteiger partial charge in [0.2, 0.25) is 0 Å². The van der Waals surface area contributed by atoms with Gasteiger partial charge in [-0.05, 0) is 36.4 Å². The molecule has 0 aliphatic carbocycles. The number of thioether (sulfide) groups is 1. The molecule has 0 fully saturated rings. The number of nitrogens with zero attached hydrogens (tertiary/aromatic N) is 2. The van der Waals surface area contributed by atoms with Crippen LogP contribution in [-0.4, -0.2) is 15.8 Å². The third kappa shape index (κ3) is 5.08. The van der Waals surface area contributed by atoms with Crippen molar-refractivity contribution in [3.63, 3.8) is 0 Å². The normalized spacial score (nSPS) is 11.1. The Morgan fingerprint density at radius 3 is 2.30 bits per heavy atom. The van der Waals surface area contributed by atoms with Crippen molar-refractivity contribution in [1.29, 1.82) is 0 Å². The maximum Gasteiger partial charge on any atom is 0.269 e. The van der Waals surface area contributed by atoms with Crippen LogP contribution in [0.4, 0.5) is 11.4 Å². The summed E-state index contributed by atoms with van der Waals surface area (Å²) in [6.07, 6.45) is 0. The second-order valence-corrected chi connectivity index (χ2v) is 5.94. The molecule has 0 heterocycles. The molecular weight excluding hydrogens is 338 g/mol. The molecule has 0 spiro atoms. The number of halogens is 1. The molecule has 2 rings (SSSR count). The first kappa shape index (κ1) is 17.0. The van der Waals surface area contributed by atoms with E-state index < -0.39 is 4.92 Å². The molecule has 0 aromatic heterocycles. The fourth-order valence-electron chi connectivity index (χ4n) is 1.56. The number of hydrogen-bond acceptors (Lipinski definition) is 6. The van der Waals surface area contributed by atoms with Crippen LogP contribution in [0.3, 0.4) is 0 Å². The van der Waals surface area contributed by atoms with Crippen molar-refractivity contribution >= 4 is 45.6 Å². The molecule has 2 aromatic carbocycles. The van der Waals surface area contributed by atoms with E-state index in [0.717, 1.165) is 11.8 Å². The number of ketones is 1. The van der Waals surface area contributed by atoms with E-state index >= 15 is 0 Å². The summed E-state index contributed by atoms with van der Waals surface area (Å²) in [6.45, 7) is 1.40. The average Bonchev–Trinajstić information content (AvgIpc) is 2.53. The SMILES string of the molecule is CC(=O)C(=NNc1ccc(Cl)cc1)Sc1ccc([N+](=O)[O-])cc1. The first-order valence-electron chi connectivity index (χ1n) is 6.48. The number of hydrogen-bond donors (Lipinski definition) is 1. The summed E-state index contributed by atoms with van der Waals surface area (Å²) in [6, 6.07) is 12.8. The second-order valence-electron chi connectivity index (χ2n) is 4.44. The van der Waals surface area contributed by atoms with E-state index in [-0.39, 0.29) is 16.5 Å². The van der Waals surface area contributed by atoms with Crippen LogP contribution in [0.1, 0.15) is 6.92 Å². The quantitative estimate of drug-likeness (QED) is 0.285. The number of anilines is 1. The van der Waals surface area contributed by atoms with Crippen molar-refractivity contribution in [2.24, 2.45) is 5.10 Å². The lowest BCUT2D eigenvalue weighted by Gasteiger charge is -2.05. The minimum atomic E-state index is -0.476. The fraction of sp³-hybridized carbons (Fsp3) is 0.0667. The Balaban J connectivity index is 2.11. The summed E-state index contributed by atoms with van der Waals surface area (Å²) in [5.74, 6) is -0.213. The van der Waals surface area contributed by atoms with Crippen molar-refractivity contribution in [2.45, 2.75) is 11.8 Å². The lowest BCUT2D eigenvalue weighted by Crippen LogP contribution is -2.08. The third-order valence-corrected chi connectivity index (χ3v) is 4.03. The highest BCUT2D eigenvalue weighted by molar-refractivity contribution is 8.15. The third-order valence-electron chi connectivity index (χ3n) is 2.69. The van der Waals surface area contributed by atoms with Gasteiger partial charge in [-0.25, -0.2) is 0 Å². The number of non-ortho nitro benzene ring substituents is 1. The topological polar surface area (TPSA) is 84.6 Å². The van der Waals surface area contributed by atoms with Crippen molar-refractivity contribution < 1.29 is 9.72 Å². The van der Waals surface area contributed by atoms with Crippen LogP contribution < -0.4 is 5.43 Å². The van der Waals surface area contributed by atoms with Gasteiger partial charge >= 0.3 is 0 Å². The summed E-state index contributed by atoms with van der Waals surface area (Å²) >= 11 is 6.93. The van der Waals surface area contributed by atoms with Gasteiger partial charge in [-0.3, -0.25) is 20.3 Å². The van der Waals surface area contributed by atoms with Crippen LogP contribution >= 0.6 is 23.4 Å². The number of nitro groups is 1. The number of carbonyl (C=O) groups is 1. The summed E-state index contributed by atoms with van der Waals surface area (Å²) in [5, 5.41) is 15.6. The van der Waals surface area contributed by atoms with Crippen LogP contribution in [-0.2, 0) is 4.79 Å². The van der Waals surface area contributed by atoms with Crippen LogP contribution in [0.15, 0.2) is 58.5 Å². The molecule has 0 unspecified atom stereocenters. The first-order valence-corrected chi connectivity index (χ1v) is 7.67. The van der Waals surface area contributed by atoms with Gasteiger partial charge in [-0.1, -0.05) is 23.4 Å². The Kier molecular flexibility index (Phi) is 5.72.